The summed E-state index contributed by atoms with van der Waals surface area (Å²) in [6, 6.07) is 14.5. The third-order valence-corrected chi connectivity index (χ3v) is 4.79. The fraction of sp³-hybridized carbons (Fsp3) is 0. The van der Waals surface area contributed by atoms with Gasteiger partial charge in [0.25, 0.3) is 0 Å². The van der Waals surface area contributed by atoms with Crippen LogP contribution >= 0.6 is 33.9 Å². The minimum atomic E-state index is 0.996. The van der Waals surface area contributed by atoms with E-state index >= 15 is 0 Å². The molecule has 0 spiro atoms. The Kier molecular flexibility index (Phi) is 3.23. The number of aromatic nitrogens is 2. The number of nitrogens with zero attached hydrogens (tertiary/aromatic N) is 2. The van der Waals surface area contributed by atoms with E-state index < -0.39 is 0 Å². The van der Waals surface area contributed by atoms with Gasteiger partial charge in [-0.25, -0.2) is 4.98 Å². The predicted molar refractivity (Wildman–Crippen MR) is 97.4 cm³/mol. The van der Waals surface area contributed by atoms with Gasteiger partial charge in [-0.2, -0.15) is 0 Å². The van der Waals surface area contributed by atoms with E-state index in [0.717, 1.165) is 27.8 Å². The Morgan fingerprint density at radius 2 is 1.90 bits per heavy atom. The molecule has 0 radical (unpaired) electrons. The lowest BCUT2D eigenvalue weighted by Crippen LogP contribution is -1.93. The fourth-order valence-corrected chi connectivity index (χ4v) is 3.47. The molecule has 0 saturated carbocycles. The lowest BCUT2D eigenvalue weighted by molar-refractivity contribution is 1.40. The lowest BCUT2D eigenvalue weighted by atomic mass is 10.2. The van der Waals surface area contributed by atoms with Crippen LogP contribution in [-0.2, 0) is 0 Å². The number of hydrogen-bond donors (Lipinski definition) is 1. The number of anilines is 2. The SMILES string of the molecule is Ic1ccc2nccc(Nc3ccc4scnc4c3)c2c1. The molecule has 1 N–H and O–H groups in total. The minimum absolute atomic E-state index is 0.996. The molecule has 2 aromatic heterocycles. The summed E-state index contributed by atoms with van der Waals surface area (Å²) >= 11 is 3.98. The second-order valence-corrected chi connectivity index (χ2v) is 6.81. The zero-order chi connectivity index (χ0) is 14.2. The van der Waals surface area contributed by atoms with E-state index in [4.69, 9.17) is 0 Å². The summed E-state index contributed by atoms with van der Waals surface area (Å²) in [5.41, 5.74) is 6.00. The van der Waals surface area contributed by atoms with Crippen LogP contribution < -0.4 is 5.32 Å². The second kappa shape index (κ2) is 5.23. The van der Waals surface area contributed by atoms with E-state index in [0.29, 0.717) is 0 Å². The molecule has 102 valence electrons. The Balaban J connectivity index is 1.81. The third kappa shape index (κ3) is 2.47. The van der Waals surface area contributed by atoms with Crippen LogP contribution in [0.5, 0.6) is 0 Å². The monoisotopic (exact) mass is 403 g/mol. The maximum absolute atomic E-state index is 4.41. The summed E-state index contributed by atoms with van der Waals surface area (Å²) in [6.07, 6.45) is 1.83. The third-order valence-electron chi connectivity index (χ3n) is 3.31. The van der Waals surface area contributed by atoms with Crippen molar-refractivity contribution in [1.82, 2.24) is 9.97 Å². The molecule has 0 bridgehead atoms. The van der Waals surface area contributed by atoms with Crippen LogP contribution in [0.4, 0.5) is 11.4 Å². The largest absolute Gasteiger partial charge is 0.355 e. The average Bonchev–Trinajstić information content (AvgIpc) is 2.95. The van der Waals surface area contributed by atoms with Gasteiger partial charge in [0.05, 0.1) is 21.2 Å². The normalized spacial score (nSPS) is 11.1. The van der Waals surface area contributed by atoms with Crippen LogP contribution in [0.15, 0.2) is 54.2 Å². The van der Waals surface area contributed by atoms with Crippen LogP contribution in [0.1, 0.15) is 0 Å². The van der Waals surface area contributed by atoms with Crippen LogP contribution in [0.2, 0.25) is 0 Å². The quantitative estimate of drug-likeness (QED) is 0.468. The van der Waals surface area contributed by atoms with Crippen LogP contribution in [-0.4, -0.2) is 9.97 Å². The molecule has 0 aliphatic carbocycles. The topological polar surface area (TPSA) is 37.8 Å². The predicted octanol–water partition coefficient (Wildman–Crippen LogP) is 5.19. The Morgan fingerprint density at radius 3 is 2.86 bits per heavy atom. The van der Waals surface area contributed by atoms with Crippen molar-refractivity contribution >= 4 is 66.4 Å². The summed E-state index contributed by atoms with van der Waals surface area (Å²) in [4.78, 5) is 8.77. The number of fused-ring (bicyclic) bond motifs is 2. The van der Waals surface area contributed by atoms with Gasteiger partial charge < -0.3 is 5.32 Å². The van der Waals surface area contributed by atoms with E-state index in [9.17, 15) is 0 Å². The number of nitrogens with one attached hydrogen (secondary N) is 1. The highest BCUT2D eigenvalue weighted by molar-refractivity contribution is 14.1. The number of rotatable bonds is 2. The number of thiazole rings is 1. The molecule has 2 aromatic carbocycles. The van der Waals surface area contributed by atoms with E-state index in [-0.39, 0.29) is 0 Å². The van der Waals surface area contributed by atoms with Crippen molar-refractivity contribution in [1.29, 1.82) is 0 Å². The molecule has 4 rings (SSSR count). The zero-order valence-electron chi connectivity index (χ0n) is 10.9. The number of halogens is 1. The first-order valence-corrected chi connectivity index (χ1v) is 8.40. The van der Waals surface area contributed by atoms with Gasteiger partial charge in [-0.15, -0.1) is 11.3 Å². The molecule has 4 aromatic rings. The minimum Gasteiger partial charge on any atom is -0.355 e. The molecule has 0 atom stereocenters. The standard InChI is InChI=1S/C16H10IN3S/c17-10-1-3-13-12(7-10)14(5-6-18-13)20-11-2-4-16-15(8-11)19-9-21-16/h1-9H,(H,18,20). The van der Waals surface area contributed by atoms with Gasteiger partial charge in [-0.05, 0) is 65.1 Å². The molecule has 5 heteroatoms. The molecule has 0 amide bonds. The molecule has 0 unspecified atom stereocenters. The number of benzene rings is 2. The Bertz CT molecular complexity index is 948. The Hall–Kier alpha value is -1.73. The van der Waals surface area contributed by atoms with Crippen LogP contribution in [0.25, 0.3) is 21.1 Å². The first-order valence-electron chi connectivity index (χ1n) is 6.44. The van der Waals surface area contributed by atoms with E-state index in [2.05, 4.69) is 68.2 Å². The van der Waals surface area contributed by atoms with Crippen molar-refractivity contribution in [3.05, 3.63) is 57.7 Å². The lowest BCUT2D eigenvalue weighted by Gasteiger charge is -2.09. The van der Waals surface area contributed by atoms with Gasteiger partial charge in [0.2, 0.25) is 0 Å². The first-order chi connectivity index (χ1) is 10.3. The van der Waals surface area contributed by atoms with Gasteiger partial charge >= 0.3 is 0 Å². The molecular weight excluding hydrogens is 393 g/mol. The van der Waals surface area contributed by atoms with Crippen molar-refractivity contribution in [3.8, 4) is 0 Å². The van der Waals surface area contributed by atoms with Gasteiger partial charge in [0.1, 0.15) is 0 Å². The van der Waals surface area contributed by atoms with Crippen molar-refractivity contribution in [2.75, 3.05) is 5.32 Å². The fourth-order valence-electron chi connectivity index (χ4n) is 2.32. The summed E-state index contributed by atoms with van der Waals surface area (Å²) in [7, 11) is 0. The van der Waals surface area contributed by atoms with Gasteiger partial charge in [0, 0.05) is 26.5 Å². The molecule has 0 fully saturated rings. The summed E-state index contributed by atoms with van der Waals surface area (Å²) in [5.74, 6) is 0. The van der Waals surface area contributed by atoms with E-state index in [1.807, 2.05) is 23.8 Å². The van der Waals surface area contributed by atoms with E-state index in [1.165, 1.54) is 8.27 Å². The summed E-state index contributed by atoms with van der Waals surface area (Å²) < 4.78 is 2.40. The molecule has 0 aliphatic heterocycles. The first kappa shape index (κ1) is 13.0. The van der Waals surface area contributed by atoms with Crippen molar-refractivity contribution in [2.24, 2.45) is 0 Å². The smallest absolute Gasteiger partial charge is 0.0832 e. The number of hydrogen-bond acceptors (Lipinski definition) is 4. The zero-order valence-corrected chi connectivity index (χ0v) is 13.9. The maximum Gasteiger partial charge on any atom is 0.0832 e. The molecular formula is C16H10IN3S. The van der Waals surface area contributed by atoms with Crippen molar-refractivity contribution in [3.63, 3.8) is 0 Å². The van der Waals surface area contributed by atoms with Crippen LogP contribution in [0.3, 0.4) is 0 Å². The van der Waals surface area contributed by atoms with Gasteiger partial charge in [0.15, 0.2) is 0 Å². The highest BCUT2D eigenvalue weighted by Gasteiger charge is 2.04. The molecule has 2 heterocycles. The molecule has 21 heavy (non-hydrogen) atoms. The highest BCUT2D eigenvalue weighted by atomic mass is 127. The maximum atomic E-state index is 4.41. The van der Waals surface area contributed by atoms with Gasteiger partial charge in [-0.3, -0.25) is 4.98 Å². The molecule has 0 saturated heterocycles. The summed E-state index contributed by atoms with van der Waals surface area (Å²) in [6.45, 7) is 0. The van der Waals surface area contributed by atoms with Crippen molar-refractivity contribution in [2.45, 2.75) is 0 Å². The average molecular weight is 403 g/mol. The molecule has 3 nitrogen and oxygen atoms in total. The van der Waals surface area contributed by atoms with Crippen molar-refractivity contribution < 1.29 is 0 Å². The van der Waals surface area contributed by atoms with Crippen LogP contribution in [0, 0.1) is 3.57 Å². The second-order valence-electron chi connectivity index (χ2n) is 4.68. The summed E-state index contributed by atoms with van der Waals surface area (Å²) in [5, 5.41) is 4.60. The van der Waals surface area contributed by atoms with E-state index in [1.54, 1.807) is 11.3 Å². The highest BCUT2D eigenvalue weighted by Crippen LogP contribution is 2.28. The molecule has 0 aliphatic rings. The Labute approximate surface area is 139 Å². The van der Waals surface area contributed by atoms with Gasteiger partial charge in [-0.1, -0.05) is 0 Å². The number of pyridine rings is 1. The Morgan fingerprint density at radius 1 is 0.952 bits per heavy atom.